The minimum atomic E-state index is -0.823. The highest BCUT2D eigenvalue weighted by Crippen LogP contribution is 2.62. The lowest BCUT2D eigenvalue weighted by Gasteiger charge is -2.58. The molecule has 5 saturated carbocycles. The lowest BCUT2D eigenvalue weighted by molar-refractivity contribution is -0.201. The first-order valence-corrected chi connectivity index (χ1v) is 10.2. The first kappa shape index (κ1) is 17.9. The Morgan fingerprint density at radius 1 is 1.11 bits per heavy atom. The van der Waals surface area contributed by atoms with Crippen molar-refractivity contribution in [2.75, 3.05) is 13.2 Å². The van der Waals surface area contributed by atoms with E-state index < -0.39 is 28.7 Å². The molecule has 150 valence electrons. The highest BCUT2D eigenvalue weighted by atomic mass is 16.8. The SMILES string of the molecule is O=C(O)C1CCC2(C1)OCC(COC(=O)C13CC4CC(CC(O)(C4)C1)C3)O2. The number of aliphatic hydroxyl groups is 1. The predicted octanol–water partition coefficient (Wildman–Crippen LogP) is 1.86. The normalized spacial score (nSPS) is 50.4. The van der Waals surface area contributed by atoms with Crippen molar-refractivity contribution in [2.45, 2.75) is 75.3 Å². The largest absolute Gasteiger partial charge is 0.481 e. The molecule has 0 aromatic carbocycles. The molecule has 1 saturated heterocycles. The maximum atomic E-state index is 12.9. The van der Waals surface area contributed by atoms with E-state index in [9.17, 15) is 19.8 Å². The van der Waals surface area contributed by atoms with Crippen LogP contribution in [-0.4, -0.2) is 52.9 Å². The number of carbonyl (C=O) groups is 2. The minimum Gasteiger partial charge on any atom is -0.481 e. The van der Waals surface area contributed by atoms with Crippen LogP contribution in [0.2, 0.25) is 0 Å². The van der Waals surface area contributed by atoms with Crippen LogP contribution in [0.25, 0.3) is 0 Å². The highest BCUT2D eigenvalue weighted by molar-refractivity contribution is 5.78. The number of ether oxygens (including phenoxy) is 3. The number of esters is 1. The van der Waals surface area contributed by atoms with Gasteiger partial charge in [0.05, 0.1) is 23.5 Å². The molecule has 6 rings (SSSR count). The number of carboxylic acid groups (broad SMARTS) is 1. The Labute approximate surface area is 158 Å². The van der Waals surface area contributed by atoms with Crippen molar-refractivity contribution < 1.29 is 34.0 Å². The molecule has 0 amide bonds. The van der Waals surface area contributed by atoms with Gasteiger partial charge in [-0.1, -0.05) is 0 Å². The van der Waals surface area contributed by atoms with Gasteiger partial charge < -0.3 is 24.4 Å². The Morgan fingerprint density at radius 3 is 2.48 bits per heavy atom. The Bertz CT molecular complexity index is 647. The van der Waals surface area contributed by atoms with Crippen LogP contribution in [0.5, 0.6) is 0 Å². The first-order valence-electron chi connectivity index (χ1n) is 10.2. The van der Waals surface area contributed by atoms with Crippen LogP contribution in [0.4, 0.5) is 0 Å². The predicted molar refractivity (Wildman–Crippen MR) is 91.6 cm³/mol. The molecule has 27 heavy (non-hydrogen) atoms. The van der Waals surface area contributed by atoms with Gasteiger partial charge in [-0.2, -0.15) is 0 Å². The van der Waals surface area contributed by atoms with Crippen molar-refractivity contribution in [3.8, 4) is 0 Å². The van der Waals surface area contributed by atoms with E-state index in [4.69, 9.17) is 14.2 Å². The summed E-state index contributed by atoms with van der Waals surface area (Å²) in [5.41, 5.74) is -1.21. The van der Waals surface area contributed by atoms with E-state index in [-0.39, 0.29) is 18.7 Å². The zero-order valence-electron chi connectivity index (χ0n) is 15.5. The molecular formula is C20H28O7. The van der Waals surface area contributed by atoms with Gasteiger partial charge in [0.15, 0.2) is 5.79 Å². The quantitative estimate of drug-likeness (QED) is 0.718. The lowest BCUT2D eigenvalue weighted by atomic mass is 9.48. The maximum absolute atomic E-state index is 12.9. The summed E-state index contributed by atoms with van der Waals surface area (Å²) in [7, 11) is 0. The Balaban J connectivity index is 1.18. The molecule has 5 unspecified atom stereocenters. The van der Waals surface area contributed by atoms with Gasteiger partial charge in [0.2, 0.25) is 0 Å². The summed E-state index contributed by atoms with van der Waals surface area (Å²) < 4.78 is 17.4. The monoisotopic (exact) mass is 380 g/mol. The second-order valence-electron chi connectivity index (χ2n) is 9.80. The van der Waals surface area contributed by atoms with Crippen LogP contribution in [0.15, 0.2) is 0 Å². The van der Waals surface area contributed by atoms with E-state index >= 15 is 0 Å². The molecule has 6 aliphatic rings. The molecule has 7 nitrogen and oxygen atoms in total. The number of carbonyl (C=O) groups excluding carboxylic acids is 1. The lowest BCUT2D eigenvalue weighted by Crippen LogP contribution is -2.58. The van der Waals surface area contributed by atoms with Crippen LogP contribution in [0, 0.1) is 23.2 Å². The average molecular weight is 380 g/mol. The third-order valence-corrected chi connectivity index (χ3v) is 7.56. The fourth-order valence-electron chi connectivity index (χ4n) is 6.90. The highest BCUT2D eigenvalue weighted by Gasteiger charge is 2.61. The number of aliphatic carboxylic acids is 1. The zero-order chi connectivity index (χ0) is 18.9. The van der Waals surface area contributed by atoms with Gasteiger partial charge >= 0.3 is 11.9 Å². The Hall–Kier alpha value is -1.18. The number of rotatable bonds is 4. The second kappa shape index (κ2) is 5.91. The van der Waals surface area contributed by atoms with E-state index in [1.54, 1.807) is 0 Å². The van der Waals surface area contributed by atoms with Crippen LogP contribution in [0.1, 0.15) is 57.8 Å². The van der Waals surface area contributed by atoms with Crippen molar-refractivity contribution in [1.82, 2.24) is 0 Å². The van der Waals surface area contributed by atoms with Gasteiger partial charge in [-0.05, 0) is 56.8 Å². The van der Waals surface area contributed by atoms with Crippen LogP contribution in [0.3, 0.4) is 0 Å². The van der Waals surface area contributed by atoms with Gasteiger partial charge in [-0.25, -0.2) is 0 Å². The molecule has 7 heteroatoms. The number of hydrogen-bond donors (Lipinski definition) is 2. The molecule has 2 N–H and O–H groups in total. The van der Waals surface area contributed by atoms with Crippen LogP contribution < -0.4 is 0 Å². The van der Waals surface area contributed by atoms with E-state index in [0.717, 1.165) is 32.1 Å². The first-order chi connectivity index (χ1) is 12.8. The molecule has 5 atom stereocenters. The van der Waals surface area contributed by atoms with E-state index in [2.05, 4.69) is 0 Å². The molecule has 0 aromatic rings. The maximum Gasteiger partial charge on any atom is 0.312 e. The zero-order valence-corrected chi connectivity index (χ0v) is 15.5. The molecule has 1 aliphatic heterocycles. The van der Waals surface area contributed by atoms with Crippen LogP contribution >= 0.6 is 0 Å². The summed E-state index contributed by atoms with van der Waals surface area (Å²) in [5, 5.41) is 20.0. The van der Waals surface area contributed by atoms with Crippen molar-refractivity contribution in [3.63, 3.8) is 0 Å². The third kappa shape index (κ3) is 2.98. The van der Waals surface area contributed by atoms with Crippen molar-refractivity contribution in [1.29, 1.82) is 0 Å². The summed E-state index contributed by atoms with van der Waals surface area (Å²) in [5.74, 6) is -1.40. The van der Waals surface area contributed by atoms with Crippen molar-refractivity contribution in [3.05, 3.63) is 0 Å². The van der Waals surface area contributed by atoms with Gasteiger partial charge in [0, 0.05) is 12.8 Å². The number of carboxylic acids is 1. The average Bonchev–Trinajstić information content (AvgIpc) is 3.17. The molecule has 1 heterocycles. The molecule has 6 fully saturated rings. The molecule has 1 spiro atoms. The summed E-state index contributed by atoms with van der Waals surface area (Å²) in [6, 6.07) is 0. The van der Waals surface area contributed by atoms with Crippen molar-refractivity contribution in [2.24, 2.45) is 23.2 Å². The molecule has 0 radical (unpaired) electrons. The molecule has 0 aromatic heterocycles. The van der Waals surface area contributed by atoms with Gasteiger partial charge in [-0.15, -0.1) is 0 Å². The Kier molecular flexibility index (Phi) is 3.91. The standard InChI is InChI=1S/C20H28O7/c21-16(22)14-1-2-20(8-14)26-10-15(27-20)9-25-17(23)18-4-12-3-13(5-18)7-19(24,6-12)11-18/h12-15,24H,1-11H2,(H,21,22). The number of hydrogen-bond acceptors (Lipinski definition) is 6. The fourth-order valence-corrected chi connectivity index (χ4v) is 6.90. The molecule has 5 aliphatic carbocycles. The summed E-state index contributed by atoms with van der Waals surface area (Å²) in [4.78, 5) is 24.1. The summed E-state index contributed by atoms with van der Waals surface area (Å²) >= 11 is 0. The van der Waals surface area contributed by atoms with Gasteiger partial charge in [0.25, 0.3) is 0 Å². The van der Waals surface area contributed by atoms with E-state index in [1.807, 2.05) is 0 Å². The van der Waals surface area contributed by atoms with E-state index in [0.29, 0.717) is 44.1 Å². The molecular weight excluding hydrogens is 352 g/mol. The second-order valence-corrected chi connectivity index (χ2v) is 9.80. The fraction of sp³-hybridized carbons (Fsp3) is 0.900. The van der Waals surface area contributed by atoms with Gasteiger partial charge in [0.1, 0.15) is 12.7 Å². The molecule has 4 bridgehead atoms. The Morgan fingerprint density at radius 2 is 1.85 bits per heavy atom. The summed E-state index contributed by atoms with van der Waals surface area (Å²) in [6.07, 6.45) is 6.08. The topological polar surface area (TPSA) is 102 Å². The summed E-state index contributed by atoms with van der Waals surface area (Å²) in [6.45, 7) is 0.454. The van der Waals surface area contributed by atoms with Gasteiger partial charge in [-0.3, -0.25) is 9.59 Å². The van der Waals surface area contributed by atoms with Crippen molar-refractivity contribution >= 4 is 11.9 Å². The third-order valence-electron chi connectivity index (χ3n) is 7.56. The van der Waals surface area contributed by atoms with Crippen LogP contribution in [-0.2, 0) is 23.8 Å². The minimum absolute atomic E-state index is 0.133. The van der Waals surface area contributed by atoms with E-state index in [1.165, 1.54) is 0 Å². The smallest absolute Gasteiger partial charge is 0.312 e.